The van der Waals surface area contributed by atoms with Crippen molar-refractivity contribution in [3.63, 3.8) is 0 Å². The molecule has 2 saturated heterocycles. The molecule has 2 heterocycles. The van der Waals surface area contributed by atoms with E-state index in [0.717, 1.165) is 11.8 Å². The summed E-state index contributed by atoms with van der Waals surface area (Å²) >= 11 is 3.24. The van der Waals surface area contributed by atoms with Gasteiger partial charge in [0.25, 0.3) is 0 Å². The molecule has 0 bridgehead atoms. The standard InChI is InChI=1S/2C4H7NO2S/c2*6-4(7)3-1-8-2-5-3/h2*3,5H,1-2H2,(H,6,7)/t2*3-/m00/s1. The maximum absolute atomic E-state index is 10.1. The van der Waals surface area contributed by atoms with Crippen LogP contribution in [0.15, 0.2) is 0 Å². The molecule has 6 nitrogen and oxygen atoms in total. The molecule has 0 aromatic carbocycles. The Morgan fingerprint density at radius 3 is 1.44 bits per heavy atom. The molecule has 2 atom stereocenters. The summed E-state index contributed by atoms with van der Waals surface area (Å²) in [5.41, 5.74) is 0. The first-order valence-corrected chi connectivity index (χ1v) is 7.00. The fourth-order valence-corrected chi connectivity index (χ4v) is 2.97. The molecule has 0 aromatic rings. The molecule has 0 aliphatic carbocycles. The average Bonchev–Trinajstić information content (AvgIpc) is 2.93. The summed E-state index contributed by atoms with van der Waals surface area (Å²) < 4.78 is 0. The van der Waals surface area contributed by atoms with Crippen LogP contribution in [0.5, 0.6) is 0 Å². The fraction of sp³-hybridized carbons (Fsp3) is 0.750. The second kappa shape index (κ2) is 7.00. The van der Waals surface area contributed by atoms with Gasteiger partial charge in [-0.25, -0.2) is 0 Å². The molecule has 4 N–H and O–H groups in total. The largest absolute Gasteiger partial charge is 0.480 e. The van der Waals surface area contributed by atoms with Gasteiger partial charge >= 0.3 is 11.9 Å². The maximum Gasteiger partial charge on any atom is 0.321 e. The predicted octanol–water partition coefficient (Wildman–Crippen LogP) is -0.533. The molecular formula is C8H14N2O4S2. The molecule has 0 spiro atoms. The van der Waals surface area contributed by atoms with Crippen LogP contribution in [0.2, 0.25) is 0 Å². The van der Waals surface area contributed by atoms with Gasteiger partial charge in [0.1, 0.15) is 12.1 Å². The topological polar surface area (TPSA) is 98.7 Å². The van der Waals surface area contributed by atoms with E-state index < -0.39 is 11.9 Å². The minimum Gasteiger partial charge on any atom is -0.480 e. The van der Waals surface area contributed by atoms with Crippen molar-refractivity contribution in [1.29, 1.82) is 0 Å². The van der Waals surface area contributed by atoms with Crippen molar-refractivity contribution in [3.8, 4) is 0 Å². The van der Waals surface area contributed by atoms with Crippen LogP contribution in [0, 0.1) is 0 Å². The second-order valence-electron chi connectivity index (χ2n) is 3.22. The van der Waals surface area contributed by atoms with E-state index in [-0.39, 0.29) is 12.1 Å². The van der Waals surface area contributed by atoms with Gasteiger partial charge in [0.2, 0.25) is 0 Å². The normalized spacial score (nSPS) is 28.2. The number of aliphatic carboxylic acids is 2. The Morgan fingerprint density at radius 1 is 0.938 bits per heavy atom. The summed E-state index contributed by atoms with van der Waals surface area (Å²) in [6.45, 7) is 0. The Morgan fingerprint density at radius 2 is 1.31 bits per heavy atom. The number of hydrogen-bond acceptors (Lipinski definition) is 6. The first-order valence-electron chi connectivity index (χ1n) is 4.69. The summed E-state index contributed by atoms with van der Waals surface area (Å²) in [6.07, 6.45) is 0. The quantitative estimate of drug-likeness (QED) is 0.529. The lowest BCUT2D eigenvalue weighted by molar-refractivity contribution is -0.139. The summed E-state index contributed by atoms with van der Waals surface area (Å²) in [6, 6.07) is -0.611. The van der Waals surface area contributed by atoms with Gasteiger partial charge in [-0.15, -0.1) is 23.5 Å². The Labute approximate surface area is 102 Å². The SMILES string of the molecule is O=C(O)[C@@H]1CSCN1.O=C(O)[C@@H]1CSCN1. The van der Waals surface area contributed by atoms with Crippen LogP contribution in [0.25, 0.3) is 0 Å². The first-order chi connectivity index (χ1) is 7.61. The number of carbonyl (C=O) groups is 2. The monoisotopic (exact) mass is 266 g/mol. The summed E-state index contributed by atoms with van der Waals surface area (Å²) in [4.78, 5) is 20.3. The molecule has 0 unspecified atom stereocenters. The van der Waals surface area contributed by atoms with Crippen LogP contribution in [-0.2, 0) is 9.59 Å². The number of carboxylic acids is 2. The van der Waals surface area contributed by atoms with E-state index in [1.165, 1.54) is 0 Å². The lowest BCUT2D eigenvalue weighted by Gasteiger charge is -1.98. The molecule has 0 amide bonds. The number of nitrogens with one attached hydrogen (secondary N) is 2. The minimum atomic E-state index is -0.741. The van der Waals surface area contributed by atoms with E-state index >= 15 is 0 Å². The lowest BCUT2D eigenvalue weighted by atomic mass is 10.4. The Bertz CT molecular complexity index is 226. The smallest absolute Gasteiger partial charge is 0.321 e. The third kappa shape index (κ3) is 4.60. The van der Waals surface area contributed by atoms with Crippen LogP contribution in [0.1, 0.15) is 0 Å². The van der Waals surface area contributed by atoms with E-state index in [4.69, 9.17) is 10.2 Å². The van der Waals surface area contributed by atoms with Crippen molar-refractivity contribution in [2.24, 2.45) is 0 Å². The first kappa shape index (κ1) is 13.6. The average molecular weight is 266 g/mol. The molecule has 2 rings (SSSR count). The van der Waals surface area contributed by atoms with Crippen LogP contribution in [-0.4, -0.2) is 57.5 Å². The molecule has 0 saturated carbocycles. The Kier molecular flexibility index (Phi) is 5.96. The summed E-state index contributed by atoms with van der Waals surface area (Å²) in [5, 5.41) is 22.3. The van der Waals surface area contributed by atoms with Crippen LogP contribution < -0.4 is 10.6 Å². The highest BCUT2D eigenvalue weighted by Crippen LogP contribution is 2.09. The highest BCUT2D eigenvalue weighted by molar-refractivity contribution is 7.99. The Balaban J connectivity index is 0.000000160. The van der Waals surface area contributed by atoms with E-state index in [0.29, 0.717) is 11.5 Å². The van der Waals surface area contributed by atoms with Crippen LogP contribution in [0.3, 0.4) is 0 Å². The van der Waals surface area contributed by atoms with Crippen molar-refractivity contribution in [1.82, 2.24) is 10.6 Å². The molecular weight excluding hydrogens is 252 g/mol. The third-order valence-electron chi connectivity index (χ3n) is 2.03. The van der Waals surface area contributed by atoms with Crippen molar-refractivity contribution in [2.75, 3.05) is 23.3 Å². The fourth-order valence-electron chi connectivity index (χ4n) is 1.11. The molecule has 92 valence electrons. The van der Waals surface area contributed by atoms with Crippen molar-refractivity contribution >= 4 is 35.5 Å². The summed E-state index contributed by atoms with van der Waals surface area (Å²) in [7, 11) is 0. The van der Waals surface area contributed by atoms with Gasteiger partial charge in [-0.2, -0.15) is 0 Å². The number of carboxylic acid groups (broad SMARTS) is 2. The van der Waals surface area contributed by atoms with Gasteiger partial charge in [-0.1, -0.05) is 0 Å². The van der Waals surface area contributed by atoms with Gasteiger partial charge < -0.3 is 10.2 Å². The number of hydrogen-bond donors (Lipinski definition) is 4. The lowest BCUT2D eigenvalue weighted by Crippen LogP contribution is -2.32. The van der Waals surface area contributed by atoms with Gasteiger partial charge in [0.15, 0.2) is 0 Å². The molecule has 0 aromatic heterocycles. The van der Waals surface area contributed by atoms with Gasteiger partial charge in [-0.3, -0.25) is 20.2 Å². The summed E-state index contributed by atoms with van der Waals surface area (Å²) in [5.74, 6) is 1.48. The predicted molar refractivity (Wildman–Crippen MR) is 63.8 cm³/mol. The van der Waals surface area contributed by atoms with E-state index in [1.54, 1.807) is 23.5 Å². The van der Waals surface area contributed by atoms with Crippen LogP contribution in [0.4, 0.5) is 0 Å². The third-order valence-corrected chi connectivity index (χ3v) is 3.91. The van der Waals surface area contributed by atoms with Crippen molar-refractivity contribution in [2.45, 2.75) is 12.1 Å². The minimum absolute atomic E-state index is 0.306. The van der Waals surface area contributed by atoms with Crippen molar-refractivity contribution in [3.05, 3.63) is 0 Å². The van der Waals surface area contributed by atoms with E-state index in [9.17, 15) is 9.59 Å². The zero-order valence-corrected chi connectivity index (χ0v) is 10.1. The zero-order chi connectivity index (χ0) is 12.0. The molecule has 8 heteroatoms. The highest BCUT2D eigenvalue weighted by Gasteiger charge is 2.21. The number of rotatable bonds is 2. The second-order valence-corrected chi connectivity index (χ2v) is 5.28. The molecule has 0 radical (unpaired) electrons. The zero-order valence-electron chi connectivity index (χ0n) is 8.51. The van der Waals surface area contributed by atoms with Gasteiger partial charge in [0.05, 0.1) is 0 Å². The molecule has 16 heavy (non-hydrogen) atoms. The highest BCUT2D eigenvalue weighted by atomic mass is 32.2. The number of thioether (sulfide) groups is 2. The van der Waals surface area contributed by atoms with Gasteiger partial charge in [0, 0.05) is 23.3 Å². The van der Waals surface area contributed by atoms with Gasteiger partial charge in [-0.05, 0) is 0 Å². The van der Waals surface area contributed by atoms with Crippen LogP contribution >= 0.6 is 23.5 Å². The van der Waals surface area contributed by atoms with E-state index in [2.05, 4.69) is 10.6 Å². The molecule has 2 aliphatic rings. The van der Waals surface area contributed by atoms with E-state index in [1.807, 2.05) is 0 Å². The maximum atomic E-state index is 10.1. The molecule has 2 aliphatic heterocycles. The Hall–Kier alpha value is -0.440. The molecule has 2 fully saturated rings. The van der Waals surface area contributed by atoms with Crippen molar-refractivity contribution < 1.29 is 19.8 Å².